The third-order valence-electron chi connectivity index (χ3n) is 2.79. The van der Waals surface area contributed by atoms with Gasteiger partial charge in [0.2, 0.25) is 0 Å². The predicted molar refractivity (Wildman–Crippen MR) is 77.0 cm³/mol. The number of nitrogens with one attached hydrogen (secondary N) is 1. The van der Waals surface area contributed by atoms with Gasteiger partial charge in [-0.2, -0.15) is 5.26 Å². The van der Waals surface area contributed by atoms with Gasteiger partial charge >= 0.3 is 0 Å². The summed E-state index contributed by atoms with van der Waals surface area (Å²) >= 11 is 0. The molecule has 19 heavy (non-hydrogen) atoms. The lowest BCUT2D eigenvalue weighted by atomic mass is 10.1. The summed E-state index contributed by atoms with van der Waals surface area (Å²) in [6.07, 6.45) is 0.361. The maximum absolute atomic E-state index is 12.5. The van der Waals surface area contributed by atoms with E-state index in [-0.39, 0.29) is 5.91 Å². The minimum absolute atomic E-state index is 0.0195. The number of benzene rings is 1. The number of para-hydroxylation sites is 1. The van der Waals surface area contributed by atoms with Crippen LogP contribution in [0.3, 0.4) is 0 Å². The molecule has 0 spiro atoms. The van der Waals surface area contributed by atoms with Crippen LogP contribution in [0.5, 0.6) is 0 Å². The SMILES string of the molecule is CNc1ccccc1C(=O)N(CCC#N)CC(C)C. The van der Waals surface area contributed by atoms with Gasteiger partial charge in [-0.1, -0.05) is 26.0 Å². The van der Waals surface area contributed by atoms with Gasteiger partial charge in [0.15, 0.2) is 0 Å². The number of nitriles is 1. The molecule has 0 atom stereocenters. The topological polar surface area (TPSA) is 56.1 Å². The summed E-state index contributed by atoms with van der Waals surface area (Å²) in [5.74, 6) is 0.360. The fraction of sp³-hybridized carbons (Fsp3) is 0.467. The Morgan fingerprint density at radius 3 is 2.68 bits per heavy atom. The number of hydrogen-bond acceptors (Lipinski definition) is 3. The van der Waals surface area contributed by atoms with Gasteiger partial charge in [-0.15, -0.1) is 0 Å². The van der Waals surface area contributed by atoms with Crippen LogP contribution in [0.1, 0.15) is 30.6 Å². The van der Waals surface area contributed by atoms with E-state index < -0.39 is 0 Å². The van der Waals surface area contributed by atoms with Crippen LogP contribution in [0.2, 0.25) is 0 Å². The lowest BCUT2D eigenvalue weighted by Crippen LogP contribution is -2.35. The van der Waals surface area contributed by atoms with Gasteiger partial charge in [0.05, 0.1) is 18.1 Å². The van der Waals surface area contributed by atoms with Crippen LogP contribution in [0, 0.1) is 17.2 Å². The average Bonchev–Trinajstić information content (AvgIpc) is 2.42. The first kappa shape index (κ1) is 15.0. The third kappa shape index (κ3) is 4.29. The zero-order valence-corrected chi connectivity index (χ0v) is 11.8. The summed E-state index contributed by atoms with van der Waals surface area (Å²) in [6.45, 7) is 5.28. The summed E-state index contributed by atoms with van der Waals surface area (Å²) in [7, 11) is 1.80. The van der Waals surface area contributed by atoms with Crippen LogP contribution < -0.4 is 5.32 Å². The van der Waals surface area contributed by atoms with Gasteiger partial charge in [0.25, 0.3) is 5.91 Å². The first-order chi connectivity index (χ1) is 9.10. The van der Waals surface area contributed by atoms with Gasteiger partial charge in [-0.3, -0.25) is 4.79 Å². The first-order valence-corrected chi connectivity index (χ1v) is 6.53. The highest BCUT2D eigenvalue weighted by Crippen LogP contribution is 2.17. The minimum atomic E-state index is -0.0195. The van der Waals surface area contributed by atoms with Crippen molar-refractivity contribution < 1.29 is 4.79 Å². The standard InChI is InChI=1S/C15H21N3O/c1-12(2)11-18(10-6-9-16)15(19)13-7-4-5-8-14(13)17-3/h4-5,7-8,12,17H,6,10-11H2,1-3H3. The Bertz CT molecular complexity index is 463. The quantitative estimate of drug-likeness (QED) is 0.854. The molecular formula is C15H21N3O. The molecule has 4 heteroatoms. The lowest BCUT2D eigenvalue weighted by molar-refractivity contribution is 0.0741. The molecule has 0 radical (unpaired) electrons. The van der Waals surface area contributed by atoms with Crippen LogP contribution in [-0.2, 0) is 0 Å². The van der Waals surface area contributed by atoms with E-state index in [4.69, 9.17) is 5.26 Å². The van der Waals surface area contributed by atoms with Gasteiger partial charge < -0.3 is 10.2 Å². The molecule has 0 bridgehead atoms. The number of rotatable bonds is 6. The van der Waals surface area contributed by atoms with Crippen LogP contribution >= 0.6 is 0 Å². The summed E-state index contributed by atoms with van der Waals surface area (Å²) in [5.41, 5.74) is 1.47. The second-order valence-corrected chi connectivity index (χ2v) is 4.85. The average molecular weight is 259 g/mol. The smallest absolute Gasteiger partial charge is 0.255 e. The Kier molecular flexibility index (Phi) is 5.87. The van der Waals surface area contributed by atoms with Crippen molar-refractivity contribution in [1.82, 2.24) is 4.90 Å². The predicted octanol–water partition coefficient (Wildman–Crippen LogP) is 2.74. The Morgan fingerprint density at radius 2 is 2.11 bits per heavy atom. The second-order valence-electron chi connectivity index (χ2n) is 4.85. The summed E-state index contributed by atoms with van der Waals surface area (Å²) in [4.78, 5) is 14.3. The van der Waals surface area contributed by atoms with E-state index in [9.17, 15) is 4.79 Å². The normalized spacial score (nSPS) is 10.1. The summed E-state index contributed by atoms with van der Waals surface area (Å²) in [6, 6.07) is 9.54. The first-order valence-electron chi connectivity index (χ1n) is 6.53. The van der Waals surface area contributed by atoms with Crippen molar-refractivity contribution in [2.24, 2.45) is 5.92 Å². The third-order valence-corrected chi connectivity index (χ3v) is 2.79. The number of carbonyl (C=O) groups is 1. The highest BCUT2D eigenvalue weighted by atomic mass is 16.2. The molecule has 1 rings (SSSR count). The van der Waals surface area contributed by atoms with Gasteiger partial charge in [0.1, 0.15) is 0 Å². The van der Waals surface area contributed by atoms with Crippen molar-refractivity contribution in [3.63, 3.8) is 0 Å². The molecule has 0 saturated heterocycles. The van der Waals surface area contributed by atoms with E-state index in [1.807, 2.05) is 24.3 Å². The van der Waals surface area contributed by atoms with Crippen molar-refractivity contribution in [3.8, 4) is 6.07 Å². The molecule has 0 aromatic heterocycles. The molecule has 0 fully saturated rings. The number of amides is 1. The Balaban J connectivity index is 2.94. The summed E-state index contributed by atoms with van der Waals surface area (Å²) < 4.78 is 0. The number of nitrogens with zero attached hydrogens (tertiary/aromatic N) is 2. The maximum atomic E-state index is 12.5. The minimum Gasteiger partial charge on any atom is -0.387 e. The molecule has 0 unspecified atom stereocenters. The van der Waals surface area contributed by atoms with Crippen molar-refractivity contribution in [2.45, 2.75) is 20.3 Å². The Morgan fingerprint density at radius 1 is 1.42 bits per heavy atom. The molecule has 0 heterocycles. The fourth-order valence-electron chi connectivity index (χ4n) is 1.96. The lowest BCUT2D eigenvalue weighted by Gasteiger charge is -2.24. The second kappa shape index (κ2) is 7.42. The number of hydrogen-bond donors (Lipinski definition) is 1. The fourth-order valence-corrected chi connectivity index (χ4v) is 1.96. The maximum Gasteiger partial charge on any atom is 0.255 e. The molecule has 0 aliphatic carbocycles. The molecule has 0 saturated carbocycles. The summed E-state index contributed by atoms with van der Waals surface area (Å²) in [5, 5.41) is 11.7. The van der Waals surface area contributed by atoms with Crippen LogP contribution in [0.25, 0.3) is 0 Å². The molecule has 1 amide bonds. The molecular weight excluding hydrogens is 238 g/mol. The number of anilines is 1. The van der Waals surface area contributed by atoms with E-state index in [0.29, 0.717) is 31.0 Å². The van der Waals surface area contributed by atoms with Crippen molar-refractivity contribution in [1.29, 1.82) is 5.26 Å². The van der Waals surface area contributed by atoms with Crippen molar-refractivity contribution in [3.05, 3.63) is 29.8 Å². The molecule has 1 aromatic rings. The molecule has 0 aliphatic rings. The highest BCUT2D eigenvalue weighted by molar-refractivity contribution is 5.99. The van der Waals surface area contributed by atoms with E-state index in [0.717, 1.165) is 5.69 Å². The van der Waals surface area contributed by atoms with Crippen LogP contribution in [-0.4, -0.2) is 30.9 Å². The Hall–Kier alpha value is -2.02. The zero-order chi connectivity index (χ0) is 14.3. The molecule has 0 aliphatic heterocycles. The van der Waals surface area contributed by atoms with E-state index in [1.54, 1.807) is 11.9 Å². The van der Waals surface area contributed by atoms with Crippen LogP contribution in [0.15, 0.2) is 24.3 Å². The van der Waals surface area contributed by atoms with Gasteiger partial charge in [-0.25, -0.2) is 0 Å². The van der Waals surface area contributed by atoms with E-state index in [2.05, 4.69) is 25.2 Å². The molecule has 1 aromatic carbocycles. The van der Waals surface area contributed by atoms with E-state index >= 15 is 0 Å². The largest absolute Gasteiger partial charge is 0.387 e. The zero-order valence-electron chi connectivity index (χ0n) is 11.8. The monoisotopic (exact) mass is 259 g/mol. The molecule has 102 valence electrons. The molecule has 4 nitrogen and oxygen atoms in total. The Labute approximate surface area is 115 Å². The van der Waals surface area contributed by atoms with E-state index in [1.165, 1.54) is 0 Å². The van der Waals surface area contributed by atoms with Gasteiger partial charge in [-0.05, 0) is 18.1 Å². The van der Waals surface area contributed by atoms with Crippen molar-refractivity contribution >= 4 is 11.6 Å². The number of carbonyl (C=O) groups excluding carboxylic acids is 1. The molecule has 1 N–H and O–H groups in total. The van der Waals surface area contributed by atoms with Crippen LogP contribution in [0.4, 0.5) is 5.69 Å². The highest BCUT2D eigenvalue weighted by Gasteiger charge is 2.18. The van der Waals surface area contributed by atoms with Crippen molar-refractivity contribution in [2.75, 3.05) is 25.5 Å². The van der Waals surface area contributed by atoms with Gasteiger partial charge in [0, 0.05) is 25.8 Å².